The molecule has 8 heteroatoms. The fourth-order valence-electron chi connectivity index (χ4n) is 2.73. The standard InChI is InChI=1S/C20H21N3O5/c1-25-16-10-13(11-17(26-2)18(16)27-3)6-5-12-7-8-14-15(9-12)22-19(21-14)23-20(24)28-4/h5-11H,1-4H3,(H2,21,22,23,24)/b6-5-. The van der Waals surface area contributed by atoms with Gasteiger partial charge in [0.15, 0.2) is 11.5 Å². The summed E-state index contributed by atoms with van der Waals surface area (Å²) in [6.45, 7) is 0. The number of aromatic nitrogens is 2. The van der Waals surface area contributed by atoms with E-state index in [1.54, 1.807) is 21.3 Å². The molecule has 28 heavy (non-hydrogen) atoms. The summed E-state index contributed by atoms with van der Waals surface area (Å²) in [5.74, 6) is 2.05. The molecule has 2 aromatic carbocycles. The molecule has 0 saturated heterocycles. The summed E-state index contributed by atoms with van der Waals surface area (Å²) in [5.41, 5.74) is 3.37. The maximum atomic E-state index is 11.3. The largest absolute Gasteiger partial charge is 0.493 e. The number of imidazole rings is 1. The highest BCUT2D eigenvalue weighted by atomic mass is 16.5. The lowest BCUT2D eigenvalue weighted by Crippen LogP contribution is -2.11. The molecule has 3 aromatic rings. The fraction of sp³-hybridized carbons (Fsp3) is 0.200. The Hall–Kier alpha value is -3.68. The van der Waals surface area contributed by atoms with Gasteiger partial charge in [-0.3, -0.25) is 5.32 Å². The number of methoxy groups -OCH3 is 4. The lowest BCUT2D eigenvalue weighted by atomic mass is 10.1. The third-order valence-electron chi connectivity index (χ3n) is 4.07. The van der Waals surface area contributed by atoms with Gasteiger partial charge in [0.25, 0.3) is 0 Å². The Morgan fingerprint density at radius 3 is 2.25 bits per heavy atom. The van der Waals surface area contributed by atoms with Crippen molar-refractivity contribution in [3.05, 3.63) is 41.5 Å². The van der Waals surface area contributed by atoms with Crippen LogP contribution in [0.2, 0.25) is 0 Å². The second-order valence-corrected chi connectivity index (χ2v) is 5.77. The number of carbonyl (C=O) groups is 1. The van der Waals surface area contributed by atoms with E-state index in [1.807, 2.05) is 42.5 Å². The predicted octanol–water partition coefficient (Wildman–Crippen LogP) is 3.94. The molecule has 0 bridgehead atoms. The minimum atomic E-state index is -0.582. The van der Waals surface area contributed by atoms with Crippen LogP contribution in [0.1, 0.15) is 11.1 Å². The Labute approximate surface area is 162 Å². The highest BCUT2D eigenvalue weighted by Crippen LogP contribution is 2.38. The van der Waals surface area contributed by atoms with Crippen LogP contribution >= 0.6 is 0 Å². The highest BCUT2D eigenvalue weighted by molar-refractivity contribution is 5.87. The molecule has 8 nitrogen and oxygen atoms in total. The van der Waals surface area contributed by atoms with Gasteiger partial charge in [0, 0.05) is 0 Å². The molecule has 0 aliphatic heterocycles. The number of nitrogens with one attached hydrogen (secondary N) is 2. The molecule has 1 heterocycles. The monoisotopic (exact) mass is 383 g/mol. The van der Waals surface area contributed by atoms with Gasteiger partial charge >= 0.3 is 6.09 Å². The normalized spacial score (nSPS) is 10.9. The molecule has 0 aliphatic carbocycles. The number of anilines is 1. The first kappa shape index (κ1) is 19.1. The van der Waals surface area contributed by atoms with Crippen molar-refractivity contribution in [2.24, 2.45) is 0 Å². The zero-order valence-corrected chi connectivity index (χ0v) is 16.0. The number of rotatable bonds is 6. The van der Waals surface area contributed by atoms with Gasteiger partial charge in [-0.15, -0.1) is 0 Å². The third-order valence-corrected chi connectivity index (χ3v) is 4.07. The average molecular weight is 383 g/mol. The number of benzene rings is 2. The summed E-state index contributed by atoms with van der Waals surface area (Å²) in [4.78, 5) is 18.6. The Balaban J connectivity index is 1.87. The van der Waals surface area contributed by atoms with Crippen LogP contribution in [-0.2, 0) is 4.74 Å². The van der Waals surface area contributed by atoms with E-state index in [1.165, 1.54) is 7.11 Å². The SMILES string of the molecule is COC(=O)Nc1nc2ccc(/C=C\c3cc(OC)c(OC)c(OC)c3)cc2[nH]1. The third kappa shape index (κ3) is 4.01. The predicted molar refractivity (Wildman–Crippen MR) is 107 cm³/mol. The van der Waals surface area contributed by atoms with Crippen LogP contribution < -0.4 is 19.5 Å². The van der Waals surface area contributed by atoms with Crippen molar-refractivity contribution in [2.45, 2.75) is 0 Å². The van der Waals surface area contributed by atoms with Crippen molar-refractivity contribution in [2.75, 3.05) is 33.8 Å². The van der Waals surface area contributed by atoms with Gasteiger partial charge < -0.3 is 23.9 Å². The van der Waals surface area contributed by atoms with Crippen LogP contribution in [0.5, 0.6) is 17.2 Å². The summed E-state index contributed by atoms with van der Waals surface area (Å²) in [6.07, 6.45) is 3.31. The van der Waals surface area contributed by atoms with Crippen LogP contribution in [0.4, 0.5) is 10.7 Å². The molecule has 0 saturated carbocycles. The Bertz CT molecular complexity index is 1000. The zero-order chi connectivity index (χ0) is 20.1. The summed E-state index contributed by atoms with van der Waals surface area (Å²) in [6, 6.07) is 9.46. The summed E-state index contributed by atoms with van der Waals surface area (Å²) >= 11 is 0. The van der Waals surface area contributed by atoms with Crippen molar-refractivity contribution >= 4 is 35.2 Å². The molecule has 0 fully saturated rings. The zero-order valence-electron chi connectivity index (χ0n) is 16.0. The highest BCUT2D eigenvalue weighted by Gasteiger charge is 2.12. The van der Waals surface area contributed by atoms with E-state index in [2.05, 4.69) is 20.0 Å². The lowest BCUT2D eigenvalue weighted by Gasteiger charge is -2.12. The lowest BCUT2D eigenvalue weighted by molar-refractivity contribution is 0.186. The number of carbonyl (C=O) groups excluding carboxylic acids is 1. The van der Waals surface area contributed by atoms with Crippen molar-refractivity contribution in [1.29, 1.82) is 0 Å². The molecule has 0 atom stereocenters. The van der Waals surface area contributed by atoms with E-state index in [4.69, 9.17) is 14.2 Å². The number of amides is 1. The van der Waals surface area contributed by atoms with E-state index in [0.717, 1.165) is 22.2 Å². The first-order valence-corrected chi connectivity index (χ1v) is 8.40. The number of aromatic amines is 1. The Morgan fingerprint density at radius 1 is 0.964 bits per heavy atom. The topological polar surface area (TPSA) is 94.7 Å². The number of hydrogen-bond donors (Lipinski definition) is 2. The average Bonchev–Trinajstić information content (AvgIpc) is 3.12. The van der Waals surface area contributed by atoms with E-state index >= 15 is 0 Å². The quantitative estimate of drug-likeness (QED) is 0.626. The van der Waals surface area contributed by atoms with E-state index < -0.39 is 6.09 Å². The molecule has 0 spiro atoms. The molecule has 0 radical (unpaired) electrons. The first-order chi connectivity index (χ1) is 13.6. The summed E-state index contributed by atoms with van der Waals surface area (Å²) in [5, 5.41) is 2.51. The second kappa shape index (κ2) is 8.34. The van der Waals surface area contributed by atoms with Crippen molar-refractivity contribution in [1.82, 2.24) is 9.97 Å². The van der Waals surface area contributed by atoms with Crippen molar-refractivity contribution in [3.63, 3.8) is 0 Å². The fourth-order valence-corrected chi connectivity index (χ4v) is 2.73. The van der Waals surface area contributed by atoms with Gasteiger partial charge in [-0.1, -0.05) is 18.2 Å². The molecule has 2 N–H and O–H groups in total. The number of H-pyrrole nitrogens is 1. The van der Waals surface area contributed by atoms with Crippen LogP contribution in [0, 0.1) is 0 Å². The van der Waals surface area contributed by atoms with Crippen LogP contribution in [0.15, 0.2) is 30.3 Å². The van der Waals surface area contributed by atoms with E-state index in [0.29, 0.717) is 23.2 Å². The van der Waals surface area contributed by atoms with Crippen molar-refractivity contribution < 1.29 is 23.7 Å². The van der Waals surface area contributed by atoms with Gasteiger partial charge in [0.2, 0.25) is 11.7 Å². The number of hydrogen-bond acceptors (Lipinski definition) is 6. The van der Waals surface area contributed by atoms with E-state index in [-0.39, 0.29) is 0 Å². The molecule has 146 valence electrons. The number of nitrogens with zero attached hydrogens (tertiary/aromatic N) is 1. The molecule has 0 unspecified atom stereocenters. The van der Waals surface area contributed by atoms with Crippen LogP contribution in [0.25, 0.3) is 23.2 Å². The summed E-state index contributed by atoms with van der Waals surface area (Å²) < 4.78 is 20.7. The van der Waals surface area contributed by atoms with Crippen LogP contribution in [0.3, 0.4) is 0 Å². The molecular formula is C20H21N3O5. The maximum absolute atomic E-state index is 11.3. The van der Waals surface area contributed by atoms with E-state index in [9.17, 15) is 4.79 Å². The second-order valence-electron chi connectivity index (χ2n) is 5.77. The molecule has 1 aromatic heterocycles. The maximum Gasteiger partial charge on any atom is 0.413 e. The molecule has 3 rings (SSSR count). The Morgan fingerprint density at radius 2 is 1.64 bits per heavy atom. The van der Waals surface area contributed by atoms with Crippen LogP contribution in [-0.4, -0.2) is 44.5 Å². The van der Waals surface area contributed by atoms with Gasteiger partial charge in [0.05, 0.1) is 39.5 Å². The van der Waals surface area contributed by atoms with Gasteiger partial charge in [-0.2, -0.15) is 0 Å². The van der Waals surface area contributed by atoms with Gasteiger partial charge in [-0.25, -0.2) is 9.78 Å². The Kier molecular flexibility index (Phi) is 5.69. The van der Waals surface area contributed by atoms with Gasteiger partial charge in [0.1, 0.15) is 0 Å². The molecule has 0 aliphatic rings. The minimum Gasteiger partial charge on any atom is -0.493 e. The summed E-state index contributed by atoms with van der Waals surface area (Å²) in [7, 11) is 6.02. The molecular weight excluding hydrogens is 362 g/mol. The number of ether oxygens (including phenoxy) is 4. The smallest absolute Gasteiger partial charge is 0.413 e. The van der Waals surface area contributed by atoms with Crippen molar-refractivity contribution in [3.8, 4) is 17.2 Å². The van der Waals surface area contributed by atoms with Gasteiger partial charge in [-0.05, 0) is 35.4 Å². The first-order valence-electron chi connectivity index (χ1n) is 8.40. The molecule has 1 amide bonds. The minimum absolute atomic E-state index is 0.326. The number of fused-ring (bicyclic) bond motifs is 1.